The molecule has 1 rings (SSSR count). The Morgan fingerprint density at radius 1 is 1.37 bits per heavy atom. The van der Waals surface area contributed by atoms with Crippen molar-refractivity contribution in [3.8, 4) is 0 Å². The van der Waals surface area contributed by atoms with Crippen LogP contribution in [0.15, 0.2) is 0 Å². The van der Waals surface area contributed by atoms with Crippen molar-refractivity contribution in [3.63, 3.8) is 0 Å². The maximum atomic E-state index is 11.4. The fourth-order valence-corrected chi connectivity index (χ4v) is 1.95. The lowest BCUT2D eigenvalue weighted by atomic mass is 10.6. The molecule has 0 aromatic carbocycles. The quantitative estimate of drug-likeness (QED) is 0.384. The van der Waals surface area contributed by atoms with Crippen molar-refractivity contribution in [1.29, 1.82) is 0 Å². The third kappa shape index (κ3) is 5.51. The Hall–Kier alpha value is -1.90. The first-order valence-corrected chi connectivity index (χ1v) is 6.67. The molecule has 0 aliphatic carbocycles. The largest absolute Gasteiger partial charge is 0.498 e. The topological polar surface area (TPSA) is 107 Å². The number of amides is 5. The van der Waals surface area contributed by atoms with Gasteiger partial charge >= 0.3 is 11.9 Å². The van der Waals surface area contributed by atoms with Crippen LogP contribution in [0.2, 0.25) is 0 Å². The molecule has 0 atom stereocenters. The zero-order valence-corrected chi connectivity index (χ0v) is 11.2. The van der Waals surface area contributed by atoms with Gasteiger partial charge in [0.05, 0.1) is 24.3 Å². The van der Waals surface area contributed by atoms with E-state index in [0.29, 0.717) is 0 Å². The van der Waals surface area contributed by atoms with Crippen molar-refractivity contribution in [2.24, 2.45) is 0 Å². The average molecular weight is 287 g/mol. The normalized spacial score (nSPS) is 16.4. The molecule has 0 saturated carbocycles. The lowest BCUT2D eigenvalue weighted by molar-refractivity contribution is -0.399. The molecular weight excluding hydrogens is 272 g/mol. The molecule has 1 saturated heterocycles. The van der Waals surface area contributed by atoms with Crippen LogP contribution in [0.25, 0.3) is 0 Å². The van der Waals surface area contributed by atoms with Crippen LogP contribution in [0.5, 0.6) is 0 Å². The highest BCUT2D eigenvalue weighted by Crippen LogP contribution is 1.97. The highest BCUT2D eigenvalue weighted by molar-refractivity contribution is 8.00. The molecule has 0 radical (unpaired) electrons. The van der Waals surface area contributed by atoms with E-state index >= 15 is 0 Å². The van der Waals surface area contributed by atoms with E-state index in [-0.39, 0.29) is 42.3 Å². The molecule has 104 valence electrons. The summed E-state index contributed by atoms with van der Waals surface area (Å²) in [6.07, 6.45) is 1.43. The number of carbonyl (C=O) groups excluding carboxylic acids is 4. The van der Waals surface area contributed by atoms with E-state index in [0.717, 1.165) is 0 Å². The van der Waals surface area contributed by atoms with Gasteiger partial charge in [0.25, 0.3) is 0 Å². The highest BCUT2D eigenvalue weighted by Gasteiger charge is 2.31. The summed E-state index contributed by atoms with van der Waals surface area (Å²) in [7, 11) is 1.53. The van der Waals surface area contributed by atoms with Gasteiger partial charge in [-0.1, -0.05) is 0 Å². The lowest BCUT2D eigenvalue weighted by Crippen LogP contribution is -2.31. The SMILES string of the molecule is CNC(=O)CSCC(=O)NC/C=[N+]1/CC(=O)NC1=O. The number of thioether (sulfide) groups is 1. The number of rotatable bonds is 6. The standard InChI is InChI=1S/C10H14N4O4S/c1-11-8(16)5-19-6-9(17)12-2-3-14-4-7(15)13-10(14)18/h3H,2,4-6H2,1H3,(H2-,11,12,13,15,16,17,18)/p+1/b14-3-. The first kappa shape index (κ1) is 15.2. The molecule has 3 N–H and O–H groups in total. The summed E-state index contributed by atoms with van der Waals surface area (Å²) in [4.78, 5) is 44.3. The van der Waals surface area contributed by atoms with E-state index in [2.05, 4.69) is 16.0 Å². The summed E-state index contributed by atoms with van der Waals surface area (Å²) < 4.78 is 1.19. The Morgan fingerprint density at radius 3 is 2.63 bits per heavy atom. The maximum Gasteiger partial charge on any atom is 0.498 e. The van der Waals surface area contributed by atoms with Gasteiger partial charge in [0, 0.05) is 7.05 Å². The molecule has 1 heterocycles. The van der Waals surface area contributed by atoms with Gasteiger partial charge in [0.1, 0.15) is 0 Å². The van der Waals surface area contributed by atoms with Crippen LogP contribution in [-0.2, 0) is 14.4 Å². The summed E-state index contributed by atoms with van der Waals surface area (Å²) >= 11 is 1.19. The van der Waals surface area contributed by atoms with Gasteiger partial charge in [-0.3, -0.25) is 9.59 Å². The molecule has 0 spiro atoms. The van der Waals surface area contributed by atoms with Crippen molar-refractivity contribution in [1.82, 2.24) is 16.0 Å². The maximum absolute atomic E-state index is 11.4. The summed E-state index contributed by atoms with van der Waals surface area (Å²) in [6, 6.07) is -0.492. The zero-order valence-electron chi connectivity index (χ0n) is 10.4. The van der Waals surface area contributed by atoms with Crippen molar-refractivity contribution in [2.75, 3.05) is 31.6 Å². The molecule has 1 fully saturated rings. The average Bonchev–Trinajstić information content (AvgIpc) is 2.67. The molecule has 0 aromatic rings. The van der Waals surface area contributed by atoms with E-state index in [9.17, 15) is 19.2 Å². The van der Waals surface area contributed by atoms with Crippen LogP contribution in [0.4, 0.5) is 4.79 Å². The molecule has 8 nitrogen and oxygen atoms in total. The van der Waals surface area contributed by atoms with Crippen LogP contribution < -0.4 is 16.0 Å². The van der Waals surface area contributed by atoms with Crippen LogP contribution in [0.1, 0.15) is 0 Å². The third-order valence-corrected chi connectivity index (χ3v) is 3.11. The number of nitrogens with zero attached hydrogens (tertiary/aromatic N) is 1. The minimum Gasteiger partial charge on any atom is -0.358 e. The number of hydrogen-bond donors (Lipinski definition) is 3. The van der Waals surface area contributed by atoms with E-state index in [1.807, 2.05) is 0 Å². The second-order valence-electron chi connectivity index (χ2n) is 3.63. The second kappa shape index (κ2) is 7.52. The second-order valence-corrected chi connectivity index (χ2v) is 4.62. The van der Waals surface area contributed by atoms with Gasteiger partial charge in [-0.15, -0.1) is 11.8 Å². The van der Waals surface area contributed by atoms with E-state index in [1.54, 1.807) is 0 Å². The Kier molecular flexibility index (Phi) is 6.00. The van der Waals surface area contributed by atoms with Gasteiger partial charge in [-0.25, -0.2) is 4.79 Å². The monoisotopic (exact) mass is 287 g/mol. The first-order valence-electron chi connectivity index (χ1n) is 5.51. The Morgan fingerprint density at radius 2 is 2.05 bits per heavy atom. The van der Waals surface area contributed by atoms with Crippen LogP contribution in [0, 0.1) is 0 Å². The van der Waals surface area contributed by atoms with Crippen LogP contribution >= 0.6 is 11.8 Å². The molecule has 19 heavy (non-hydrogen) atoms. The first-order chi connectivity index (χ1) is 9.02. The molecule has 1 aliphatic heterocycles. The molecule has 0 aromatic heterocycles. The predicted molar refractivity (Wildman–Crippen MR) is 69.1 cm³/mol. The summed E-state index contributed by atoms with van der Waals surface area (Å²) in [5, 5.41) is 7.12. The number of hydrogen-bond acceptors (Lipinski definition) is 5. The smallest absolute Gasteiger partial charge is 0.358 e. The number of urea groups is 1. The summed E-state index contributed by atoms with van der Waals surface area (Å²) in [6.45, 7) is 0.125. The minimum atomic E-state index is -0.492. The summed E-state index contributed by atoms with van der Waals surface area (Å²) in [5.74, 6) is -0.371. The van der Waals surface area contributed by atoms with Gasteiger partial charge in [-0.05, 0) is 0 Å². The molecule has 1 aliphatic rings. The molecule has 5 amide bonds. The van der Waals surface area contributed by atoms with Crippen molar-refractivity contribution in [3.05, 3.63) is 0 Å². The highest BCUT2D eigenvalue weighted by atomic mass is 32.2. The fourth-order valence-electron chi connectivity index (χ4n) is 1.23. The van der Waals surface area contributed by atoms with Crippen molar-refractivity contribution in [2.45, 2.75) is 0 Å². The predicted octanol–water partition coefficient (Wildman–Crippen LogP) is -2.09. The van der Waals surface area contributed by atoms with Gasteiger partial charge in [-0.2, -0.15) is 14.7 Å². The molecule has 0 bridgehead atoms. The number of carbonyl (C=O) groups is 4. The van der Waals surface area contributed by atoms with Crippen LogP contribution in [-0.4, -0.2) is 66.2 Å². The Labute approximate surface area is 114 Å². The Bertz CT molecular complexity index is 435. The van der Waals surface area contributed by atoms with E-state index in [1.165, 1.54) is 29.6 Å². The zero-order chi connectivity index (χ0) is 14.3. The molecular formula is C10H15N4O4S+. The third-order valence-electron chi connectivity index (χ3n) is 2.18. The lowest BCUT2D eigenvalue weighted by Gasteiger charge is -2.01. The molecule has 9 heteroatoms. The number of imide groups is 1. The Balaban J connectivity index is 2.20. The minimum absolute atomic E-state index is 0.0277. The van der Waals surface area contributed by atoms with Crippen molar-refractivity contribution < 1.29 is 23.8 Å². The van der Waals surface area contributed by atoms with Gasteiger partial charge in [0.2, 0.25) is 11.8 Å². The van der Waals surface area contributed by atoms with E-state index < -0.39 is 6.03 Å². The van der Waals surface area contributed by atoms with E-state index in [4.69, 9.17) is 0 Å². The summed E-state index contributed by atoms with van der Waals surface area (Å²) in [5.41, 5.74) is 0. The van der Waals surface area contributed by atoms with Gasteiger partial charge < -0.3 is 10.6 Å². The molecule has 0 unspecified atom stereocenters. The fraction of sp³-hybridized carbons (Fsp3) is 0.500. The van der Waals surface area contributed by atoms with Crippen LogP contribution in [0.3, 0.4) is 0 Å². The number of nitrogens with one attached hydrogen (secondary N) is 3. The van der Waals surface area contributed by atoms with Crippen molar-refractivity contribution >= 4 is 41.7 Å². The van der Waals surface area contributed by atoms with Gasteiger partial charge in [0.15, 0.2) is 6.54 Å².